The van der Waals surface area contributed by atoms with E-state index in [1.54, 1.807) is 0 Å². The molecule has 0 saturated heterocycles. The van der Waals surface area contributed by atoms with Crippen LogP contribution in [0.1, 0.15) is 58.3 Å². The van der Waals surface area contributed by atoms with Crippen molar-refractivity contribution >= 4 is 0 Å². The van der Waals surface area contributed by atoms with Crippen LogP contribution in [-0.2, 0) is 0 Å². The van der Waals surface area contributed by atoms with Gasteiger partial charge in [0, 0.05) is 0 Å². The second-order valence-corrected chi connectivity index (χ2v) is 4.21. The monoisotopic (exact) mass is 228 g/mol. The summed E-state index contributed by atoms with van der Waals surface area (Å²) in [6.45, 7) is 5.37. The molecule has 4 nitrogen and oxygen atoms in total. The van der Waals surface area contributed by atoms with E-state index in [0.717, 1.165) is 19.5 Å². The summed E-state index contributed by atoms with van der Waals surface area (Å²) in [7, 11) is 0. The molecule has 96 valence electrons. The Bertz CT molecular complexity index is 148. The molecule has 0 unspecified atom stereocenters. The normalized spacial score (nSPS) is 11.3. The van der Waals surface area contributed by atoms with Gasteiger partial charge in [-0.05, 0) is 32.4 Å². The Morgan fingerprint density at radius 1 is 0.875 bits per heavy atom. The highest BCUT2D eigenvalue weighted by Crippen LogP contribution is 2.00. The number of nitrogens with zero attached hydrogens (tertiary/aromatic N) is 2. The molecule has 0 atom stereocenters. The van der Waals surface area contributed by atoms with Gasteiger partial charge < -0.3 is 11.2 Å². The van der Waals surface area contributed by atoms with E-state index in [2.05, 4.69) is 22.6 Å². The lowest BCUT2D eigenvalue weighted by Crippen LogP contribution is -2.16. The average molecular weight is 228 g/mol. The second kappa shape index (κ2) is 14.4. The Kier molecular flexibility index (Phi) is 13.8. The van der Waals surface area contributed by atoms with Crippen LogP contribution in [-0.4, -0.2) is 19.6 Å². The molecule has 0 rings (SSSR count). The van der Waals surface area contributed by atoms with Crippen LogP contribution in [0.25, 0.3) is 0 Å². The van der Waals surface area contributed by atoms with Crippen LogP contribution in [0.5, 0.6) is 0 Å². The predicted octanol–water partition coefficient (Wildman–Crippen LogP) is 3.04. The van der Waals surface area contributed by atoms with Crippen LogP contribution in [0.3, 0.4) is 0 Å². The molecule has 0 amide bonds. The van der Waals surface area contributed by atoms with Crippen LogP contribution < -0.4 is 11.2 Å². The van der Waals surface area contributed by atoms with E-state index in [1.807, 2.05) is 0 Å². The molecule has 3 N–H and O–H groups in total. The Morgan fingerprint density at radius 2 is 1.50 bits per heavy atom. The van der Waals surface area contributed by atoms with Gasteiger partial charge in [-0.15, -0.1) is 0 Å². The quantitative estimate of drug-likeness (QED) is 0.233. The molecule has 0 aliphatic carbocycles. The van der Waals surface area contributed by atoms with Crippen molar-refractivity contribution < 1.29 is 0 Å². The minimum absolute atomic E-state index is 0.779. The Balaban J connectivity index is 2.88. The third-order valence-corrected chi connectivity index (χ3v) is 2.65. The van der Waals surface area contributed by atoms with Gasteiger partial charge in [0.05, 0.1) is 6.54 Å². The molecular formula is C12H28N4. The molecule has 0 spiro atoms. The van der Waals surface area contributed by atoms with Crippen molar-refractivity contribution in [1.82, 2.24) is 5.32 Å². The fraction of sp³-hybridized carbons (Fsp3) is 1.00. The number of nitrogens with two attached hydrogens (primary N) is 1. The van der Waals surface area contributed by atoms with E-state index in [-0.39, 0.29) is 0 Å². The minimum atomic E-state index is 0.779. The van der Waals surface area contributed by atoms with E-state index in [1.165, 1.54) is 51.5 Å². The lowest BCUT2D eigenvalue weighted by Gasteiger charge is -2.03. The first kappa shape index (κ1) is 15.4. The zero-order valence-electron chi connectivity index (χ0n) is 10.7. The molecule has 0 bridgehead atoms. The summed E-state index contributed by atoms with van der Waals surface area (Å²) in [4.78, 5) is 0. The van der Waals surface area contributed by atoms with Crippen LogP contribution >= 0.6 is 0 Å². The summed E-state index contributed by atoms with van der Waals surface area (Å²) in [5, 5.41) is 10.5. The number of hydrogen-bond acceptors (Lipinski definition) is 3. The molecule has 0 aromatic rings. The summed E-state index contributed by atoms with van der Waals surface area (Å²) in [6, 6.07) is 0. The SMILES string of the molecule is CCCCCCNCCCCCCN=NN. The molecular weight excluding hydrogens is 200 g/mol. The number of nitrogens with one attached hydrogen (secondary N) is 1. The number of hydrogen-bond donors (Lipinski definition) is 2. The van der Waals surface area contributed by atoms with Gasteiger partial charge in [-0.25, -0.2) is 0 Å². The molecule has 0 fully saturated rings. The molecule has 4 heteroatoms. The van der Waals surface area contributed by atoms with E-state index < -0.39 is 0 Å². The first-order valence-corrected chi connectivity index (χ1v) is 6.69. The average Bonchev–Trinajstić information content (AvgIpc) is 2.31. The van der Waals surface area contributed by atoms with E-state index >= 15 is 0 Å². The largest absolute Gasteiger partial charge is 0.317 e. The molecule has 16 heavy (non-hydrogen) atoms. The Labute approximate surface area is 100 Å². The van der Waals surface area contributed by atoms with Crippen LogP contribution in [0, 0.1) is 0 Å². The zero-order valence-corrected chi connectivity index (χ0v) is 10.7. The number of rotatable bonds is 12. The highest BCUT2D eigenvalue weighted by molar-refractivity contribution is 4.51. The minimum Gasteiger partial charge on any atom is -0.317 e. The summed E-state index contributed by atoms with van der Waals surface area (Å²) >= 11 is 0. The molecule has 0 heterocycles. The third-order valence-electron chi connectivity index (χ3n) is 2.65. The van der Waals surface area contributed by atoms with Crippen molar-refractivity contribution in [2.75, 3.05) is 19.6 Å². The van der Waals surface area contributed by atoms with Crippen LogP contribution in [0.4, 0.5) is 0 Å². The van der Waals surface area contributed by atoms with Crippen molar-refractivity contribution in [3.63, 3.8) is 0 Å². The summed E-state index contributed by atoms with van der Waals surface area (Å²) in [5.41, 5.74) is 0. The van der Waals surface area contributed by atoms with E-state index in [4.69, 9.17) is 5.84 Å². The fourth-order valence-corrected chi connectivity index (χ4v) is 1.65. The lowest BCUT2D eigenvalue weighted by molar-refractivity contribution is 0.559. The summed E-state index contributed by atoms with van der Waals surface area (Å²) < 4.78 is 0. The smallest absolute Gasteiger partial charge is 0.0620 e. The maximum absolute atomic E-state index is 4.91. The highest BCUT2D eigenvalue weighted by atomic mass is 15.3. The molecule has 0 aliphatic rings. The molecule has 0 aromatic carbocycles. The Hall–Kier alpha value is -0.640. The lowest BCUT2D eigenvalue weighted by atomic mass is 10.2. The van der Waals surface area contributed by atoms with E-state index in [9.17, 15) is 0 Å². The van der Waals surface area contributed by atoms with Crippen LogP contribution in [0.15, 0.2) is 10.3 Å². The van der Waals surface area contributed by atoms with Gasteiger partial charge in [-0.1, -0.05) is 44.3 Å². The number of unbranched alkanes of at least 4 members (excludes halogenated alkanes) is 6. The Morgan fingerprint density at radius 3 is 2.12 bits per heavy atom. The van der Waals surface area contributed by atoms with Gasteiger partial charge in [-0.3, -0.25) is 0 Å². The van der Waals surface area contributed by atoms with Crippen LogP contribution in [0.2, 0.25) is 0 Å². The fourth-order valence-electron chi connectivity index (χ4n) is 1.65. The maximum Gasteiger partial charge on any atom is 0.0620 e. The van der Waals surface area contributed by atoms with Gasteiger partial charge in [0.15, 0.2) is 0 Å². The molecule has 0 aromatic heterocycles. The first-order chi connectivity index (χ1) is 7.91. The maximum atomic E-state index is 4.91. The van der Waals surface area contributed by atoms with E-state index in [0.29, 0.717) is 0 Å². The summed E-state index contributed by atoms with van der Waals surface area (Å²) in [5.74, 6) is 4.91. The first-order valence-electron chi connectivity index (χ1n) is 6.69. The van der Waals surface area contributed by atoms with Gasteiger partial charge >= 0.3 is 0 Å². The van der Waals surface area contributed by atoms with Crippen molar-refractivity contribution in [1.29, 1.82) is 0 Å². The molecule has 0 saturated carbocycles. The van der Waals surface area contributed by atoms with Gasteiger partial charge in [-0.2, -0.15) is 5.11 Å². The second-order valence-electron chi connectivity index (χ2n) is 4.21. The van der Waals surface area contributed by atoms with Gasteiger partial charge in [0.2, 0.25) is 0 Å². The standard InChI is InChI=1S/C12H28N4/c1-2-3-4-7-10-14-11-8-5-6-9-12-15-16-13/h14H,2-12H2,1H3,(H2,13,15). The predicted molar refractivity (Wildman–Crippen MR) is 69.4 cm³/mol. The highest BCUT2D eigenvalue weighted by Gasteiger charge is 1.91. The molecule has 0 aliphatic heterocycles. The zero-order chi connectivity index (χ0) is 11.9. The third kappa shape index (κ3) is 13.4. The van der Waals surface area contributed by atoms with Crippen molar-refractivity contribution in [2.45, 2.75) is 58.3 Å². The van der Waals surface area contributed by atoms with Crippen molar-refractivity contribution in [3.05, 3.63) is 0 Å². The van der Waals surface area contributed by atoms with Crippen molar-refractivity contribution in [3.8, 4) is 0 Å². The van der Waals surface area contributed by atoms with Crippen molar-refractivity contribution in [2.24, 2.45) is 16.2 Å². The molecule has 0 radical (unpaired) electrons. The summed E-state index contributed by atoms with van der Waals surface area (Å²) in [6.07, 6.45) is 10.3. The van der Waals surface area contributed by atoms with Gasteiger partial charge in [0.1, 0.15) is 0 Å². The topological polar surface area (TPSA) is 62.8 Å². The van der Waals surface area contributed by atoms with Gasteiger partial charge in [0.25, 0.3) is 0 Å².